The molecule has 3 heterocycles. The lowest BCUT2D eigenvalue weighted by Gasteiger charge is -2.43. The molecule has 2 saturated heterocycles. The number of piperidine rings is 1. The Morgan fingerprint density at radius 2 is 2.43 bits per heavy atom. The highest BCUT2D eigenvalue weighted by molar-refractivity contribution is 7.09. The molecule has 5 nitrogen and oxygen atoms in total. The fourth-order valence-corrected chi connectivity index (χ4v) is 4.23. The molecule has 2 atom stereocenters. The smallest absolute Gasteiger partial charge is 0.232 e. The first-order valence-corrected chi connectivity index (χ1v) is 8.36. The number of ether oxygens (including phenoxy) is 1. The molecule has 0 saturated carbocycles. The van der Waals surface area contributed by atoms with Gasteiger partial charge in [-0.25, -0.2) is 4.98 Å². The molecule has 0 aromatic carbocycles. The fraction of sp³-hybridized carbons (Fsp3) is 0.733. The Labute approximate surface area is 129 Å². The van der Waals surface area contributed by atoms with Crippen molar-refractivity contribution in [3.05, 3.63) is 16.1 Å². The van der Waals surface area contributed by atoms with Gasteiger partial charge in [0.15, 0.2) is 0 Å². The summed E-state index contributed by atoms with van der Waals surface area (Å²) in [4.78, 5) is 21.3. The topological polar surface area (TPSA) is 45.7 Å². The van der Waals surface area contributed by atoms with E-state index in [0.717, 1.165) is 43.2 Å². The minimum atomic E-state index is -0.354. The Hall–Kier alpha value is -0.980. The summed E-state index contributed by atoms with van der Waals surface area (Å²) in [6.45, 7) is 5.32. The summed E-state index contributed by atoms with van der Waals surface area (Å²) < 4.78 is 5.85. The van der Waals surface area contributed by atoms with Crippen LogP contribution in [0, 0.1) is 12.3 Å². The maximum absolute atomic E-state index is 12.7. The third-order valence-corrected chi connectivity index (χ3v) is 5.40. The molecule has 3 rings (SSSR count). The van der Waals surface area contributed by atoms with Crippen LogP contribution >= 0.6 is 11.3 Å². The van der Waals surface area contributed by atoms with Crippen LogP contribution in [0.4, 0.5) is 0 Å². The Kier molecular flexibility index (Phi) is 4.03. The number of hydrogen-bond acceptors (Lipinski definition) is 5. The molecule has 0 unspecified atom stereocenters. The Morgan fingerprint density at radius 3 is 3.10 bits per heavy atom. The summed E-state index contributed by atoms with van der Waals surface area (Å²) >= 11 is 1.69. The van der Waals surface area contributed by atoms with E-state index in [4.69, 9.17) is 4.74 Å². The summed E-state index contributed by atoms with van der Waals surface area (Å²) in [6, 6.07) is 0. The molecule has 1 aromatic heterocycles. The second-order valence-corrected chi connectivity index (χ2v) is 7.38. The average Bonchev–Trinajstić information content (AvgIpc) is 3.04. The lowest BCUT2D eigenvalue weighted by molar-refractivity contribution is -0.148. The Bertz CT molecular complexity index is 531. The van der Waals surface area contributed by atoms with Gasteiger partial charge >= 0.3 is 0 Å². The van der Waals surface area contributed by atoms with E-state index in [0.29, 0.717) is 6.61 Å². The number of rotatable bonds is 3. The quantitative estimate of drug-likeness (QED) is 0.849. The van der Waals surface area contributed by atoms with E-state index >= 15 is 0 Å². The van der Waals surface area contributed by atoms with E-state index in [1.54, 1.807) is 16.2 Å². The lowest BCUT2D eigenvalue weighted by Crippen LogP contribution is -2.56. The maximum atomic E-state index is 12.7. The Morgan fingerprint density at radius 1 is 1.62 bits per heavy atom. The summed E-state index contributed by atoms with van der Waals surface area (Å²) in [5.74, 6) is 0.212. The predicted molar refractivity (Wildman–Crippen MR) is 82.2 cm³/mol. The van der Waals surface area contributed by atoms with Crippen LogP contribution in [-0.4, -0.2) is 60.6 Å². The van der Waals surface area contributed by atoms with Crippen molar-refractivity contribution < 1.29 is 9.53 Å². The number of likely N-dealkylation sites (tertiary alicyclic amines) is 1. The van der Waals surface area contributed by atoms with Crippen LogP contribution in [0.25, 0.3) is 0 Å². The van der Waals surface area contributed by atoms with Crippen LogP contribution in [0.1, 0.15) is 23.5 Å². The number of thiazole rings is 1. The second kappa shape index (κ2) is 5.66. The highest BCUT2D eigenvalue weighted by Gasteiger charge is 2.53. The Balaban J connectivity index is 1.76. The maximum Gasteiger partial charge on any atom is 0.232 e. The number of aromatic nitrogens is 1. The van der Waals surface area contributed by atoms with Crippen molar-refractivity contribution >= 4 is 17.2 Å². The molecule has 0 spiro atoms. The molecule has 1 amide bonds. The number of hydrogen-bond donors (Lipinski definition) is 0. The number of carbonyl (C=O) groups excluding carboxylic acids is 1. The molecule has 2 aliphatic rings. The number of nitrogens with zero attached hydrogens (tertiary/aromatic N) is 3. The number of carbonyl (C=O) groups is 1. The number of aryl methyl sites for hydroxylation is 1. The minimum absolute atomic E-state index is 0.0841. The summed E-state index contributed by atoms with van der Waals surface area (Å²) in [6.07, 6.45) is 1.85. The summed E-state index contributed by atoms with van der Waals surface area (Å²) in [7, 11) is 3.68. The van der Waals surface area contributed by atoms with Crippen molar-refractivity contribution in [3.63, 3.8) is 0 Å². The first-order chi connectivity index (χ1) is 10.0. The van der Waals surface area contributed by atoms with Crippen molar-refractivity contribution in [2.24, 2.45) is 5.41 Å². The zero-order valence-corrected chi connectivity index (χ0v) is 13.8. The van der Waals surface area contributed by atoms with Gasteiger partial charge in [0.1, 0.15) is 0 Å². The zero-order chi connectivity index (χ0) is 15.0. The van der Waals surface area contributed by atoms with Crippen molar-refractivity contribution in [1.82, 2.24) is 14.8 Å². The molecule has 2 aliphatic heterocycles. The first kappa shape index (κ1) is 14.9. The molecule has 6 heteroatoms. The summed E-state index contributed by atoms with van der Waals surface area (Å²) in [5, 5.41) is 3.22. The number of amides is 1. The SMILES string of the molecule is Cc1nc(CN2CC[C@@H]3OCC[C@]3(C(=O)N(C)C)C2)cs1. The number of fused-ring (bicyclic) bond motifs is 1. The van der Waals surface area contributed by atoms with Gasteiger partial charge in [-0.05, 0) is 19.8 Å². The van der Waals surface area contributed by atoms with E-state index in [2.05, 4.69) is 15.3 Å². The van der Waals surface area contributed by atoms with Gasteiger partial charge in [0.05, 0.1) is 22.2 Å². The third-order valence-electron chi connectivity index (χ3n) is 4.58. The van der Waals surface area contributed by atoms with Gasteiger partial charge in [-0.3, -0.25) is 9.69 Å². The van der Waals surface area contributed by atoms with E-state index in [9.17, 15) is 4.79 Å². The van der Waals surface area contributed by atoms with Gasteiger partial charge in [-0.2, -0.15) is 0 Å². The molecular weight excluding hydrogens is 286 g/mol. The molecule has 0 bridgehead atoms. The predicted octanol–water partition coefficient (Wildman–Crippen LogP) is 1.52. The molecule has 21 heavy (non-hydrogen) atoms. The second-order valence-electron chi connectivity index (χ2n) is 6.32. The molecule has 0 aliphatic carbocycles. The van der Waals surface area contributed by atoms with Gasteiger partial charge in [0.25, 0.3) is 0 Å². The van der Waals surface area contributed by atoms with Crippen LogP contribution in [0.5, 0.6) is 0 Å². The van der Waals surface area contributed by atoms with Crippen molar-refractivity contribution in [2.45, 2.75) is 32.4 Å². The van der Waals surface area contributed by atoms with Crippen LogP contribution in [0.15, 0.2) is 5.38 Å². The average molecular weight is 309 g/mol. The zero-order valence-electron chi connectivity index (χ0n) is 13.0. The lowest BCUT2D eigenvalue weighted by atomic mass is 9.75. The molecule has 116 valence electrons. The van der Waals surface area contributed by atoms with Gasteiger partial charge < -0.3 is 9.64 Å². The van der Waals surface area contributed by atoms with Crippen molar-refractivity contribution in [1.29, 1.82) is 0 Å². The van der Waals surface area contributed by atoms with Crippen LogP contribution in [-0.2, 0) is 16.1 Å². The highest BCUT2D eigenvalue weighted by Crippen LogP contribution is 2.42. The monoisotopic (exact) mass is 309 g/mol. The third kappa shape index (κ3) is 2.72. The van der Waals surface area contributed by atoms with Crippen molar-refractivity contribution in [2.75, 3.05) is 33.8 Å². The van der Waals surface area contributed by atoms with Gasteiger partial charge in [0.2, 0.25) is 5.91 Å². The van der Waals surface area contributed by atoms with E-state index < -0.39 is 0 Å². The summed E-state index contributed by atoms with van der Waals surface area (Å²) in [5.41, 5.74) is 0.759. The standard InChI is InChI=1S/C15H23N3O2S/c1-11-16-12(9-21-11)8-18-6-4-13-15(10-18,5-7-20-13)14(19)17(2)3/h9,13H,4-8,10H2,1-3H3/t13-,15-/m0/s1. The van der Waals surface area contributed by atoms with Crippen LogP contribution in [0.3, 0.4) is 0 Å². The molecule has 0 N–H and O–H groups in total. The minimum Gasteiger partial charge on any atom is -0.377 e. The fourth-order valence-electron chi connectivity index (χ4n) is 3.62. The van der Waals surface area contributed by atoms with E-state index in [1.807, 2.05) is 21.0 Å². The molecule has 0 radical (unpaired) electrons. The first-order valence-electron chi connectivity index (χ1n) is 7.48. The highest BCUT2D eigenvalue weighted by atomic mass is 32.1. The van der Waals surface area contributed by atoms with E-state index in [-0.39, 0.29) is 17.4 Å². The van der Waals surface area contributed by atoms with Gasteiger partial charge in [-0.15, -0.1) is 11.3 Å². The molecular formula is C15H23N3O2S. The normalized spacial score (nSPS) is 29.4. The van der Waals surface area contributed by atoms with Crippen LogP contribution < -0.4 is 0 Å². The van der Waals surface area contributed by atoms with Crippen molar-refractivity contribution in [3.8, 4) is 0 Å². The van der Waals surface area contributed by atoms with Crippen LogP contribution in [0.2, 0.25) is 0 Å². The van der Waals surface area contributed by atoms with Gasteiger partial charge in [-0.1, -0.05) is 0 Å². The largest absolute Gasteiger partial charge is 0.377 e. The van der Waals surface area contributed by atoms with Gasteiger partial charge in [0, 0.05) is 45.7 Å². The molecule has 1 aromatic rings. The molecule has 2 fully saturated rings. The van der Waals surface area contributed by atoms with E-state index in [1.165, 1.54) is 0 Å².